The number of fused-ring (bicyclic) bond motifs is 1. The fourth-order valence-electron chi connectivity index (χ4n) is 4.12. The Balaban J connectivity index is 0.00000160. The number of allylic oxidation sites excluding steroid dienone is 2. The summed E-state index contributed by atoms with van der Waals surface area (Å²) in [6, 6.07) is 6.75. The Labute approximate surface area is 218 Å². The van der Waals surface area contributed by atoms with E-state index in [-0.39, 0.29) is 59.1 Å². The largest absolute Gasteiger partial charge is 1.00 e. The molecule has 2 aliphatic carbocycles. The van der Waals surface area contributed by atoms with Gasteiger partial charge in [0.1, 0.15) is 20.2 Å². The molecule has 5 rings (SSSR count). The third-order valence-electron chi connectivity index (χ3n) is 5.18. The molecule has 4 atom stereocenters. The van der Waals surface area contributed by atoms with Gasteiger partial charge in [-0.2, -0.15) is 0 Å². The van der Waals surface area contributed by atoms with E-state index in [0.29, 0.717) is 21.9 Å². The van der Waals surface area contributed by atoms with E-state index in [1.54, 1.807) is 48.6 Å². The van der Waals surface area contributed by atoms with Gasteiger partial charge in [-0.15, -0.1) is 0 Å². The van der Waals surface area contributed by atoms with Crippen molar-refractivity contribution < 1.29 is 94.8 Å². The Morgan fingerprint density at radius 2 is 1.13 bits per heavy atom. The van der Waals surface area contributed by atoms with E-state index in [0.717, 1.165) is 12.2 Å². The fraction of sp³-hybridized carbons (Fsp3) is 0.222. The van der Waals surface area contributed by atoms with E-state index in [1.165, 1.54) is 0 Å². The van der Waals surface area contributed by atoms with E-state index in [4.69, 9.17) is 9.78 Å². The van der Waals surface area contributed by atoms with Gasteiger partial charge in [-0.1, -0.05) is 48.6 Å². The molecule has 1 aromatic rings. The molecule has 1 aromatic carbocycles. The van der Waals surface area contributed by atoms with Crippen LogP contribution < -0.4 is 59.1 Å². The predicted octanol–water partition coefficient (Wildman–Crippen LogP) is -4.46. The first-order valence-corrected chi connectivity index (χ1v) is 11.1. The molecule has 0 saturated carbocycles. The molecule has 0 spiro atoms. The molecular weight excluding hydrogens is 454 g/mol. The molecule has 0 radical (unpaired) electrons. The fourth-order valence-corrected chi connectivity index (χ4v) is 4.85. The van der Waals surface area contributed by atoms with E-state index < -0.39 is 43.3 Å². The van der Waals surface area contributed by atoms with Crippen LogP contribution in [0, 0.1) is 11.8 Å². The zero-order valence-corrected chi connectivity index (χ0v) is 21.8. The maximum Gasteiger partial charge on any atom is 1.00 e. The zero-order valence-electron chi connectivity index (χ0n) is 16.2. The van der Waals surface area contributed by atoms with E-state index in [1.807, 2.05) is 0 Å². The number of hydrogen-bond donors (Lipinski definition) is 0. The van der Waals surface area contributed by atoms with Crippen molar-refractivity contribution in [3.05, 3.63) is 82.7 Å². The molecule has 4 unspecified atom stereocenters. The Bertz CT molecular complexity index is 1070. The van der Waals surface area contributed by atoms with Crippen LogP contribution in [0.2, 0.25) is 0 Å². The molecule has 0 aromatic heterocycles. The van der Waals surface area contributed by atoms with Gasteiger partial charge in [0.05, 0.1) is 0 Å². The minimum absolute atomic E-state index is 0. The van der Waals surface area contributed by atoms with Gasteiger partial charge >= 0.3 is 59.1 Å². The molecule has 2 heterocycles. The molecule has 8 nitrogen and oxygen atoms in total. The molecular formula is C18H14Na2O8S2. The minimum Gasteiger partial charge on any atom is -0.744 e. The molecule has 30 heavy (non-hydrogen) atoms. The van der Waals surface area contributed by atoms with Crippen molar-refractivity contribution in [1.29, 1.82) is 0 Å². The number of benzene rings is 1. The summed E-state index contributed by atoms with van der Waals surface area (Å²) in [4.78, 5) is 11.2. The van der Waals surface area contributed by atoms with Crippen LogP contribution >= 0.6 is 0 Å². The minimum atomic E-state index is -4.68. The van der Waals surface area contributed by atoms with Gasteiger partial charge in [0, 0.05) is 22.7 Å². The second-order valence-corrected chi connectivity index (χ2v) is 9.23. The van der Waals surface area contributed by atoms with Gasteiger partial charge in [-0.25, -0.2) is 26.6 Å². The van der Waals surface area contributed by atoms with Gasteiger partial charge in [0.2, 0.25) is 0 Å². The average Bonchev–Trinajstić information content (AvgIpc) is 2.65. The first-order chi connectivity index (χ1) is 13.1. The van der Waals surface area contributed by atoms with Crippen molar-refractivity contribution in [1.82, 2.24) is 0 Å². The third kappa shape index (κ3) is 4.52. The monoisotopic (exact) mass is 468 g/mol. The average molecular weight is 468 g/mol. The van der Waals surface area contributed by atoms with Crippen molar-refractivity contribution in [3.63, 3.8) is 0 Å². The van der Waals surface area contributed by atoms with Crippen LogP contribution in [0.4, 0.5) is 0 Å². The summed E-state index contributed by atoms with van der Waals surface area (Å²) in [6.07, 6.45) is 9.28. The Kier molecular flexibility index (Phi) is 7.89. The van der Waals surface area contributed by atoms with E-state index in [2.05, 4.69) is 0 Å². The number of hydrogen-bond acceptors (Lipinski definition) is 8. The third-order valence-corrected chi connectivity index (χ3v) is 6.12. The summed E-state index contributed by atoms with van der Waals surface area (Å²) >= 11 is 0. The predicted molar refractivity (Wildman–Crippen MR) is 94.9 cm³/mol. The second kappa shape index (κ2) is 9.05. The zero-order chi connectivity index (χ0) is 20.2. The van der Waals surface area contributed by atoms with Crippen LogP contribution in [-0.2, 0) is 41.2 Å². The van der Waals surface area contributed by atoms with Crippen LogP contribution in [0.15, 0.2) is 71.5 Å². The molecule has 2 bridgehead atoms. The summed E-state index contributed by atoms with van der Waals surface area (Å²) in [6.45, 7) is 0. The molecule has 1 saturated heterocycles. The van der Waals surface area contributed by atoms with Gasteiger partial charge in [0.25, 0.3) is 0 Å². The van der Waals surface area contributed by atoms with E-state index in [9.17, 15) is 25.9 Å². The van der Waals surface area contributed by atoms with Gasteiger partial charge in [-0.3, -0.25) is 0 Å². The Morgan fingerprint density at radius 1 is 0.767 bits per heavy atom. The smallest absolute Gasteiger partial charge is 0.744 e. The quantitative estimate of drug-likeness (QED) is 0.246. The van der Waals surface area contributed by atoms with Crippen molar-refractivity contribution in [3.8, 4) is 0 Å². The summed E-state index contributed by atoms with van der Waals surface area (Å²) < 4.78 is 67.3. The maximum absolute atomic E-state index is 11.2. The van der Waals surface area contributed by atoms with Crippen LogP contribution in [0.3, 0.4) is 0 Å². The van der Waals surface area contributed by atoms with E-state index >= 15 is 0 Å². The summed E-state index contributed by atoms with van der Waals surface area (Å²) in [7, 11) is -9.36. The van der Waals surface area contributed by atoms with Crippen molar-refractivity contribution in [2.75, 3.05) is 0 Å². The van der Waals surface area contributed by atoms with Crippen LogP contribution in [0.1, 0.15) is 11.1 Å². The Morgan fingerprint density at radius 3 is 1.47 bits per heavy atom. The molecule has 4 aliphatic rings. The molecule has 0 amide bonds. The summed E-state index contributed by atoms with van der Waals surface area (Å²) in [5, 5.41) is 1.04. The maximum atomic E-state index is 11.2. The summed E-state index contributed by atoms with van der Waals surface area (Å²) in [5.74, 6) is -1.03. The van der Waals surface area contributed by atoms with Gasteiger partial charge < -0.3 is 9.11 Å². The first kappa shape index (κ1) is 26.2. The van der Waals surface area contributed by atoms with Crippen molar-refractivity contribution >= 4 is 20.2 Å². The first-order valence-electron chi connectivity index (χ1n) is 8.20. The van der Waals surface area contributed by atoms with Crippen molar-refractivity contribution in [2.24, 2.45) is 11.8 Å². The molecule has 12 heteroatoms. The Hall–Kier alpha value is -0.0800. The molecule has 0 N–H and O–H groups in total. The van der Waals surface area contributed by atoms with Gasteiger partial charge in [-0.05, 0) is 23.3 Å². The molecule has 2 aliphatic heterocycles. The molecule has 148 valence electrons. The van der Waals surface area contributed by atoms with Gasteiger partial charge in [0.15, 0.2) is 11.2 Å². The number of rotatable bonds is 4. The SMILES string of the molecule is O=S(=O)([O-])/C=C/C12OOC(/C=C/S(=O)(=O)[O-])(c3ccccc31)C1C=CC=CC12.[Na+].[Na+]. The molecule has 1 fully saturated rings. The second-order valence-electron chi connectivity index (χ2n) is 6.71. The van der Waals surface area contributed by atoms with Crippen molar-refractivity contribution in [2.45, 2.75) is 11.2 Å². The summed E-state index contributed by atoms with van der Waals surface area (Å²) in [5.41, 5.74) is -1.80. The van der Waals surface area contributed by atoms with Crippen LogP contribution in [0.5, 0.6) is 0 Å². The normalized spacial score (nSPS) is 31.8. The van der Waals surface area contributed by atoms with Crippen LogP contribution in [0.25, 0.3) is 0 Å². The van der Waals surface area contributed by atoms with Crippen LogP contribution in [-0.4, -0.2) is 25.9 Å². The topological polar surface area (TPSA) is 133 Å². The standard InChI is InChI=1S/C18H16O8S2.2Na/c19-27(20,21)11-9-17-13-5-1-2-6-14(13)18(26-25-17,10-12-28(22,23)24)16-8-4-3-7-15(16)17;;/h1-14H,(H,19,20,21)(H,22,23,24);;/q;2*+1/p-2/b11-9+,12-10+;;.